The second-order valence-electron chi connectivity index (χ2n) is 17.5. The van der Waals surface area contributed by atoms with Gasteiger partial charge in [-0.05, 0) is 81.0 Å². The van der Waals surface area contributed by atoms with Crippen LogP contribution in [0.15, 0.2) is 73.2 Å². The van der Waals surface area contributed by atoms with Crippen LogP contribution in [0.4, 0.5) is 52.1 Å². The molecule has 0 bridgehead atoms. The molecule has 352 valence electrons. The number of pyridine rings is 5. The average molecular weight is 947 g/mol. The Kier molecular flexibility index (Phi) is 13.2. The third kappa shape index (κ3) is 9.28. The minimum atomic E-state index is -0.699. The van der Waals surface area contributed by atoms with Gasteiger partial charge in [-0.1, -0.05) is 11.6 Å². The van der Waals surface area contributed by atoms with Crippen LogP contribution in [0.5, 0.6) is 0 Å². The van der Waals surface area contributed by atoms with E-state index in [4.69, 9.17) is 31.0 Å². The van der Waals surface area contributed by atoms with Crippen molar-refractivity contribution in [3.63, 3.8) is 0 Å². The first-order valence-corrected chi connectivity index (χ1v) is 23.6. The summed E-state index contributed by atoms with van der Waals surface area (Å²) < 4.78 is 69.0. The van der Waals surface area contributed by atoms with E-state index in [0.717, 1.165) is 123 Å². The van der Waals surface area contributed by atoms with Crippen molar-refractivity contribution < 1.29 is 27.0 Å². The fourth-order valence-electron chi connectivity index (χ4n) is 9.55. The molecule has 0 saturated carbocycles. The Balaban J connectivity index is 0.000000183. The summed E-state index contributed by atoms with van der Waals surface area (Å²) >= 11 is 6.38. The quantitative estimate of drug-likeness (QED) is 0.147. The van der Waals surface area contributed by atoms with Crippen molar-refractivity contribution in [2.75, 3.05) is 104 Å². The van der Waals surface area contributed by atoms with E-state index < -0.39 is 23.3 Å². The van der Waals surface area contributed by atoms with Gasteiger partial charge in [0.1, 0.15) is 34.9 Å². The largest absolute Gasteiger partial charge is 0.378 e. The molecule has 4 saturated heterocycles. The molecule has 0 atom stereocenters. The van der Waals surface area contributed by atoms with E-state index in [0.29, 0.717) is 62.2 Å². The van der Waals surface area contributed by atoms with Gasteiger partial charge in [0.25, 0.3) is 0 Å². The number of ether oxygens (including phenoxy) is 2. The molecular weight excluding hydrogens is 896 g/mol. The minimum absolute atomic E-state index is 0.151. The number of anilines is 6. The van der Waals surface area contributed by atoms with Crippen LogP contribution in [0.2, 0.25) is 5.02 Å². The van der Waals surface area contributed by atoms with Crippen molar-refractivity contribution in [1.82, 2.24) is 24.9 Å². The maximum absolute atomic E-state index is 15.6. The molecule has 2 aromatic carbocycles. The van der Waals surface area contributed by atoms with Crippen LogP contribution in [0.3, 0.4) is 0 Å². The van der Waals surface area contributed by atoms with E-state index in [1.54, 1.807) is 19.3 Å². The molecule has 0 unspecified atom stereocenters. The van der Waals surface area contributed by atoms with Gasteiger partial charge in [-0.2, -0.15) is 0 Å². The number of hydrogen-bond acceptors (Lipinski definition) is 12. The molecule has 4 aliphatic heterocycles. The minimum Gasteiger partial charge on any atom is -0.378 e. The molecule has 1 N–H and O–H groups in total. The normalized spacial score (nSPS) is 16.5. The van der Waals surface area contributed by atoms with E-state index in [1.165, 1.54) is 12.1 Å². The summed E-state index contributed by atoms with van der Waals surface area (Å²) in [5, 5.41) is 4.22. The molecule has 0 aliphatic carbocycles. The third-order valence-corrected chi connectivity index (χ3v) is 13.6. The predicted octanol–water partition coefficient (Wildman–Crippen LogP) is 10.4. The summed E-state index contributed by atoms with van der Waals surface area (Å²) in [5.74, 6) is -0.182. The molecule has 68 heavy (non-hydrogen) atoms. The van der Waals surface area contributed by atoms with Crippen LogP contribution in [0.25, 0.3) is 44.3 Å². The van der Waals surface area contributed by atoms with Gasteiger partial charge in [-0.15, -0.1) is 0 Å². The summed E-state index contributed by atoms with van der Waals surface area (Å²) in [6.07, 6.45) is 9.97. The van der Waals surface area contributed by atoms with Gasteiger partial charge >= 0.3 is 0 Å². The van der Waals surface area contributed by atoms with Crippen LogP contribution in [0.1, 0.15) is 36.8 Å². The first-order valence-electron chi connectivity index (χ1n) is 23.2. The van der Waals surface area contributed by atoms with Gasteiger partial charge in [0, 0.05) is 100 Å². The van der Waals surface area contributed by atoms with Crippen molar-refractivity contribution in [2.45, 2.75) is 39.5 Å². The van der Waals surface area contributed by atoms with Crippen molar-refractivity contribution >= 4 is 67.9 Å². The highest BCUT2D eigenvalue weighted by molar-refractivity contribution is 6.36. The molecule has 17 heteroatoms. The molecule has 0 radical (unpaired) electrons. The number of rotatable bonds is 8. The van der Waals surface area contributed by atoms with E-state index in [9.17, 15) is 13.2 Å². The van der Waals surface area contributed by atoms with Crippen LogP contribution in [-0.2, 0) is 9.47 Å². The number of fused-ring (bicyclic) bond motifs is 2. The summed E-state index contributed by atoms with van der Waals surface area (Å²) in [6, 6.07) is 14.0. The Hall–Kier alpha value is -6.36. The number of benzene rings is 2. The molecule has 4 aliphatic rings. The maximum Gasteiger partial charge on any atom is 0.152 e. The number of hydrogen-bond donors (Lipinski definition) is 1. The topological polar surface area (TPSA) is 108 Å². The smallest absolute Gasteiger partial charge is 0.152 e. The number of nitrogens with zero attached hydrogens (tertiary/aromatic N) is 9. The molecule has 12 nitrogen and oxygen atoms in total. The Morgan fingerprint density at radius 3 is 1.62 bits per heavy atom. The molecule has 11 rings (SSSR count). The second kappa shape index (κ2) is 19.7. The molecular formula is C51H51ClF4N10O2. The SMILES string of the molecule is Cc1c(-c2ccnc(N3CCCC3)c2)nc2cc(F)cc(F)c2c1Cl.Cc1c(-c2ccnc(N3CCCC3)c2)nc2cc(F)cc(F)c2c1Nc1cc(N2CCOCC2)cnc1N1CCOCC1. The summed E-state index contributed by atoms with van der Waals surface area (Å²) in [4.78, 5) is 32.1. The van der Waals surface area contributed by atoms with Crippen molar-refractivity contribution in [3.05, 3.63) is 113 Å². The van der Waals surface area contributed by atoms with Gasteiger partial charge < -0.3 is 34.4 Å². The van der Waals surface area contributed by atoms with Crippen molar-refractivity contribution in [1.29, 1.82) is 0 Å². The Morgan fingerprint density at radius 1 is 0.559 bits per heavy atom. The lowest BCUT2D eigenvalue weighted by molar-refractivity contribution is 0.122. The summed E-state index contributed by atoms with van der Waals surface area (Å²) in [6.45, 7) is 13.0. The number of nitrogens with one attached hydrogen (secondary N) is 1. The van der Waals surface area contributed by atoms with Crippen LogP contribution in [-0.4, -0.2) is 104 Å². The van der Waals surface area contributed by atoms with Gasteiger partial charge in [0.15, 0.2) is 5.82 Å². The Morgan fingerprint density at radius 2 is 1.06 bits per heavy atom. The van der Waals surface area contributed by atoms with Gasteiger partial charge in [0.2, 0.25) is 0 Å². The summed E-state index contributed by atoms with van der Waals surface area (Å²) in [5.41, 5.74) is 7.04. The lowest BCUT2D eigenvalue weighted by Crippen LogP contribution is -2.38. The summed E-state index contributed by atoms with van der Waals surface area (Å²) in [7, 11) is 0. The zero-order chi connectivity index (χ0) is 46.9. The van der Waals surface area contributed by atoms with Crippen LogP contribution in [0, 0.1) is 37.1 Å². The van der Waals surface area contributed by atoms with E-state index >= 15 is 4.39 Å². The first kappa shape index (κ1) is 45.4. The highest BCUT2D eigenvalue weighted by Gasteiger charge is 2.25. The Labute approximate surface area is 396 Å². The average Bonchev–Trinajstić information content (AvgIpc) is 4.11. The standard InChI is InChI=1S/C32H35F2N7O2.C19H16ClF2N3/c1-21-30(22-4-5-35-28(16-22)40-6-2-3-7-40)37-26-18-23(33)17-25(34)29(26)31(21)38-27-19-24(39-8-12-42-13-9-39)20-36-32(27)41-10-14-43-15-11-41;1-11-18(20)17-14(22)9-13(21)10-15(17)24-19(11)12-4-5-23-16(8-12)25-6-2-3-7-25/h4-5,16-20H,2-3,6-15H2,1H3,(H,37,38);4-5,8-10H,2-3,6-7H2,1H3. The van der Waals surface area contributed by atoms with Crippen molar-refractivity contribution in [3.8, 4) is 22.5 Å². The molecule has 0 amide bonds. The predicted molar refractivity (Wildman–Crippen MR) is 261 cm³/mol. The van der Waals surface area contributed by atoms with Gasteiger partial charge in [-0.25, -0.2) is 42.5 Å². The van der Waals surface area contributed by atoms with Crippen molar-refractivity contribution in [2.24, 2.45) is 0 Å². The number of aromatic nitrogens is 5. The van der Waals surface area contributed by atoms with Gasteiger partial charge in [-0.3, -0.25) is 0 Å². The van der Waals surface area contributed by atoms with E-state index in [-0.39, 0.29) is 26.8 Å². The van der Waals surface area contributed by atoms with Gasteiger partial charge in [0.05, 0.1) is 87.9 Å². The number of halogens is 5. The van der Waals surface area contributed by atoms with E-state index in [1.807, 2.05) is 37.4 Å². The zero-order valence-electron chi connectivity index (χ0n) is 38.0. The lowest BCUT2D eigenvalue weighted by Gasteiger charge is -2.32. The first-order chi connectivity index (χ1) is 33.1. The number of morpholine rings is 2. The fourth-order valence-corrected chi connectivity index (χ4v) is 9.83. The highest BCUT2D eigenvalue weighted by atomic mass is 35.5. The third-order valence-electron chi connectivity index (χ3n) is 13.1. The molecule has 7 aromatic rings. The van der Waals surface area contributed by atoms with Crippen LogP contribution >= 0.6 is 11.6 Å². The highest BCUT2D eigenvalue weighted by Crippen LogP contribution is 2.41. The molecule has 4 fully saturated rings. The zero-order valence-corrected chi connectivity index (χ0v) is 38.7. The van der Waals surface area contributed by atoms with Crippen LogP contribution < -0.4 is 24.9 Å². The molecule has 9 heterocycles. The molecule has 5 aromatic heterocycles. The Bertz CT molecular complexity index is 2990. The monoisotopic (exact) mass is 946 g/mol. The molecule has 0 spiro atoms. The lowest BCUT2D eigenvalue weighted by atomic mass is 10.0. The maximum atomic E-state index is 15.6. The fraction of sp³-hybridized carbons (Fsp3) is 0.353. The van der Waals surface area contributed by atoms with E-state index in [2.05, 4.69) is 45.9 Å². The second-order valence-corrected chi connectivity index (χ2v) is 17.9.